The first kappa shape index (κ1) is 24.4. The summed E-state index contributed by atoms with van der Waals surface area (Å²) < 4.78 is 16.6. The molecule has 35 heavy (non-hydrogen) atoms. The Morgan fingerprint density at radius 3 is 2.43 bits per heavy atom. The maximum absolute atomic E-state index is 13.9. The summed E-state index contributed by atoms with van der Waals surface area (Å²) in [5.74, 6) is 0.638. The molecule has 7 heteroatoms. The summed E-state index contributed by atoms with van der Waals surface area (Å²) in [6.45, 7) is 2.45. The Morgan fingerprint density at radius 2 is 1.77 bits per heavy atom. The van der Waals surface area contributed by atoms with Crippen molar-refractivity contribution in [3.63, 3.8) is 0 Å². The van der Waals surface area contributed by atoms with Gasteiger partial charge in [-0.15, -0.1) is 0 Å². The zero-order chi connectivity index (χ0) is 24.6. The van der Waals surface area contributed by atoms with E-state index in [1.54, 1.807) is 31.4 Å². The summed E-state index contributed by atoms with van der Waals surface area (Å²) in [6, 6.07) is 16.9. The van der Waals surface area contributed by atoms with Gasteiger partial charge >= 0.3 is 0 Å². The number of hydrogen-bond donors (Lipinski definition) is 1. The van der Waals surface area contributed by atoms with Crippen LogP contribution < -0.4 is 19.7 Å². The number of benzene rings is 2. The van der Waals surface area contributed by atoms with Crippen LogP contribution in [0.5, 0.6) is 11.5 Å². The number of anilines is 1. The summed E-state index contributed by atoms with van der Waals surface area (Å²) in [6.07, 6.45) is 6.66. The third kappa shape index (κ3) is 5.67. The quantitative estimate of drug-likeness (QED) is 0.440. The van der Waals surface area contributed by atoms with Gasteiger partial charge in [-0.1, -0.05) is 43.5 Å². The highest BCUT2D eigenvalue weighted by atomic mass is 16.5. The molecule has 1 atom stereocenters. The molecule has 3 aromatic rings. The first-order valence-corrected chi connectivity index (χ1v) is 12.2. The molecule has 1 fully saturated rings. The van der Waals surface area contributed by atoms with E-state index in [1.807, 2.05) is 43.3 Å². The summed E-state index contributed by atoms with van der Waals surface area (Å²) in [7, 11) is 1.54. The van der Waals surface area contributed by atoms with Gasteiger partial charge in [-0.05, 0) is 61.7 Å². The molecule has 4 rings (SSSR count). The fraction of sp³-hybridized carbons (Fsp3) is 0.357. The average molecular weight is 477 g/mol. The monoisotopic (exact) mass is 476 g/mol. The number of nitrogens with zero attached hydrogens (tertiary/aromatic N) is 1. The Balaban J connectivity index is 1.81. The predicted molar refractivity (Wildman–Crippen MR) is 134 cm³/mol. The standard InChI is InChI=1S/C28H32N2O5/c1-3-34-22-17-15-20(16-18-22)26(27(31)29-21-10-5-4-6-11-21)30(28(32)25-14-9-19-35-25)23-12-7-8-13-24(23)33-2/h7-9,12-19,21,26H,3-6,10-11H2,1-2H3,(H,29,31)/t26-/m1/s1. The first-order chi connectivity index (χ1) is 17.1. The van der Waals surface area contributed by atoms with Gasteiger partial charge < -0.3 is 19.2 Å². The lowest BCUT2D eigenvalue weighted by molar-refractivity contribution is -0.123. The van der Waals surface area contributed by atoms with Crippen molar-refractivity contribution in [2.75, 3.05) is 18.6 Å². The Labute approximate surface area is 206 Å². The van der Waals surface area contributed by atoms with Gasteiger partial charge in [-0.2, -0.15) is 0 Å². The lowest BCUT2D eigenvalue weighted by atomic mass is 9.94. The second kappa shape index (κ2) is 11.6. The Hall–Kier alpha value is -3.74. The molecule has 0 unspecified atom stereocenters. The van der Waals surface area contributed by atoms with Gasteiger partial charge in [-0.25, -0.2) is 0 Å². The molecule has 1 saturated carbocycles. The molecule has 0 aliphatic heterocycles. The van der Waals surface area contributed by atoms with Crippen LogP contribution >= 0.6 is 0 Å². The number of para-hydroxylation sites is 2. The van der Waals surface area contributed by atoms with Gasteiger partial charge in [0.1, 0.15) is 17.5 Å². The Morgan fingerprint density at radius 1 is 1.03 bits per heavy atom. The number of carbonyl (C=O) groups is 2. The highest BCUT2D eigenvalue weighted by Gasteiger charge is 2.37. The van der Waals surface area contributed by atoms with Crippen LogP contribution in [0.4, 0.5) is 5.69 Å². The Bertz CT molecular complexity index is 1100. The molecule has 2 aromatic carbocycles. The highest BCUT2D eigenvalue weighted by Crippen LogP contribution is 2.37. The van der Waals surface area contributed by atoms with Crippen LogP contribution in [0.25, 0.3) is 0 Å². The average Bonchev–Trinajstić information content (AvgIpc) is 3.43. The molecule has 1 heterocycles. The van der Waals surface area contributed by atoms with Crippen molar-refractivity contribution in [1.82, 2.24) is 5.32 Å². The molecule has 184 valence electrons. The maximum atomic E-state index is 13.9. The summed E-state index contributed by atoms with van der Waals surface area (Å²) >= 11 is 0. The zero-order valence-corrected chi connectivity index (χ0v) is 20.2. The third-order valence-electron chi connectivity index (χ3n) is 6.26. The minimum absolute atomic E-state index is 0.0830. The minimum atomic E-state index is -0.943. The number of amides is 2. The van der Waals surface area contributed by atoms with Crippen LogP contribution in [0.1, 0.15) is 61.2 Å². The van der Waals surface area contributed by atoms with Crippen molar-refractivity contribution in [2.24, 2.45) is 0 Å². The van der Waals surface area contributed by atoms with E-state index < -0.39 is 11.9 Å². The van der Waals surface area contributed by atoms with E-state index in [-0.39, 0.29) is 17.7 Å². The van der Waals surface area contributed by atoms with E-state index in [1.165, 1.54) is 17.6 Å². The SMILES string of the molecule is CCOc1ccc([C@H](C(=O)NC2CCCCC2)N(C(=O)c2ccco2)c2ccccc2OC)cc1. The molecule has 0 saturated heterocycles. The van der Waals surface area contributed by atoms with Gasteiger partial charge in [0, 0.05) is 6.04 Å². The van der Waals surface area contributed by atoms with Crippen LogP contribution in [0.3, 0.4) is 0 Å². The lowest BCUT2D eigenvalue weighted by Gasteiger charge is -2.33. The zero-order valence-electron chi connectivity index (χ0n) is 20.2. The molecule has 1 aliphatic rings. The largest absolute Gasteiger partial charge is 0.495 e. The number of rotatable bonds is 9. The van der Waals surface area contributed by atoms with Gasteiger partial charge in [-0.3, -0.25) is 14.5 Å². The smallest absolute Gasteiger partial charge is 0.295 e. The van der Waals surface area contributed by atoms with Gasteiger partial charge in [0.05, 0.1) is 25.7 Å². The maximum Gasteiger partial charge on any atom is 0.295 e. The molecule has 0 spiro atoms. The van der Waals surface area contributed by atoms with E-state index in [0.717, 1.165) is 25.7 Å². The van der Waals surface area contributed by atoms with Gasteiger partial charge in [0.2, 0.25) is 5.91 Å². The third-order valence-corrected chi connectivity index (χ3v) is 6.26. The van der Waals surface area contributed by atoms with E-state index in [9.17, 15) is 9.59 Å². The van der Waals surface area contributed by atoms with Crippen molar-refractivity contribution >= 4 is 17.5 Å². The molecule has 1 aliphatic carbocycles. The molecular formula is C28H32N2O5. The minimum Gasteiger partial charge on any atom is -0.495 e. The summed E-state index contributed by atoms with van der Waals surface area (Å²) in [4.78, 5) is 29.2. The molecule has 0 bridgehead atoms. The van der Waals surface area contributed by atoms with Crippen LogP contribution in [0, 0.1) is 0 Å². The number of hydrogen-bond acceptors (Lipinski definition) is 5. The van der Waals surface area contributed by atoms with Crippen molar-refractivity contribution < 1.29 is 23.5 Å². The van der Waals surface area contributed by atoms with E-state index in [0.29, 0.717) is 29.4 Å². The van der Waals surface area contributed by atoms with E-state index in [4.69, 9.17) is 13.9 Å². The fourth-order valence-corrected chi connectivity index (χ4v) is 4.57. The second-order valence-corrected chi connectivity index (χ2v) is 8.57. The lowest BCUT2D eigenvalue weighted by Crippen LogP contribution is -2.47. The highest BCUT2D eigenvalue weighted by molar-refractivity contribution is 6.09. The molecular weight excluding hydrogens is 444 g/mol. The van der Waals surface area contributed by atoms with Crippen molar-refractivity contribution in [1.29, 1.82) is 0 Å². The molecule has 7 nitrogen and oxygen atoms in total. The van der Waals surface area contributed by atoms with Crippen LogP contribution in [-0.4, -0.2) is 31.6 Å². The second-order valence-electron chi connectivity index (χ2n) is 8.57. The van der Waals surface area contributed by atoms with E-state index in [2.05, 4.69) is 5.32 Å². The number of carbonyl (C=O) groups excluding carboxylic acids is 2. The number of ether oxygens (including phenoxy) is 2. The van der Waals surface area contributed by atoms with Crippen LogP contribution in [-0.2, 0) is 4.79 Å². The number of nitrogens with one attached hydrogen (secondary N) is 1. The van der Waals surface area contributed by atoms with Crippen molar-refractivity contribution in [2.45, 2.75) is 51.1 Å². The first-order valence-electron chi connectivity index (χ1n) is 12.2. The Kier molecular flexibility index (Phi) is 8.08. The van der Waals surface area contributed by atoms with Gasteiger partial charge in [0.25, 0.3) is 5.91 Å². The molecule has 2 amide bonds. The van der Waals surface area contributed by atoms with Crippen LogP contribution in [0.2, 0.25) is 0 Å². The molecule has 1 N–H and O–H groups in total. The number of methoxy groups -OCH3 is 1. The van der Waals surface area contributed by atoms with E-state index >= 15 is 0 Å². The van der Waals surface area contributed by atoms with Crippen molar-refractivity contribution in [3.05, 3.63) is 78.3 Å². The topological polar surface area (TPSA) is 81.0 Å². The normalized spacial score (nSPS) is 14.7. The van der Waals surface area contributed by atoms with Crippen molar-refractivity contribution in [3.8, 4) is 11.5 Å². The predicted octanol–water partition coefficient (Wildman–Crippen LogP) is 5.52. The summed E-state index contributed by atoms with van der Waals surface area (Å²) in [5.41, 5.74) is 1.14. The van der Waals surface area contributed by atoms with Crippen LogP contribution in [0.15, 0.2) is 71.3 Å². The fourth-order valence-electron chi connectivity index (χ4n) is 4.57. The number of furan rings is 1. The van der Waals surface area contributed by atoms with Gasteiger partial charge in [0.15, 0.2) is 5.76 Å². The molecule has 0 radical (unpaired) electrons. The molecule has 1 aromatic heterocycles. The summed E-state index contributed by atoms with van der Waals surface area (Å²) in [5, 5.41) is 3.21.